The third kappa shape index (κ3) is 3.49. The summed E-state index contributed by atoms with van der Waals surface area (Å²) < 4.78 is 6.25. The fraction of sp³-hybridized carbons (Fsp3) is 0.214. The number of hydrogen-bond acceptors (Lipinski definition) is 4. The number of rotatable bonds is 4. The molecule has 2 rings (SSSR count). The van der Waals surface area contributed by atoms with Gasteiger partial charge in [-0.25, -0.2) is 4.98 Å². The second-order valence-corrected chi connectivity index (χ2v) is 5.94. The number of aliphatic hydroxyl groups is 1. The Morgan fingerprint density at radius 2 is 2.11 bits per heavy atom. The van der Waals surface area contributed by atoms with Crippen molar-refractivity contribution in [3.05, 3.63) is 46.6 Å². The highest BCUT2D eigenvalue weighted by Gasteiger charge is 2.15. The Kier molecular flexibility index (Phi) is 4.85. The van der Waals surface area contributed by atoms with Gasteiger partial charge in [0.1, 0.15) is 10.8 Å². The molecule has 1 atom stereocenters. The van der Waals surface area contributed by atoms with E-state index >= 15 is 0 Å². The summed E-state index contributed by atoms with van der Waals surface area (Å²) >= 11 is 4.87. The second kappa shape index (κ2) is 6.41. The van der Waals surface area contributed by atoms with E-state index in [9.17, 15) is 5.11 Å². The summed E-state index contributed by atoms with van der Waals surface area (Å²) in [5, 5.41) is 10.8. The monoisotopic (exact) mass is 339 g/mol. The van der Waals surface area contributed by atoms with Crippen LogP contribution in [-0.2, 0) is 0 Å². The van der Waals surface area contributed by atoms with Gasteiger partial charge in [-0.3, -0.25) is 0 Å². The van der Waals surface area contributed by atoms with Crippen molar-refractivity contribution >= 4 is 27.7 Å². The molecule has 5 heteroatoms. The first-order valence-electron chi connectivity index (χ1n) is 5.76. The number of halogens is 1. The summed E-state index contributed by atoms with van der Waals surface area (Å²) in [6.07, 6.45) is 1.17. The van der Waals surface area contributed by atoms with E-state index in [1.807, 2.05) is 30.3 Å². The topological polar surface area (TPSA) is 42.4 Å². The van der Waals surface area contributed by atoms with E-state index < -0.39 is 6.10 Å². The number of ether oxygens (including phenoxy) is 1. The first-order chi connectivity index (χ1) is 9.11. The Morgan fingerprint density at radius 1 is 1.32 bits per heavy atom. The van der Waals surface area contributed by atoms with Crippen molar-refractivity contribution in [2.45, 2.75) is 22.9 Å². The van der Waals surface area contributed by atoms with Gasteiger partial charge in [-0.1, -0.05) is 17.8 Å². The maximum atomic E-state index is 9.92. The zero-order valence-electron chi connectivity index (χ0n) is 10.6. The summed E-state index contributed by atoms with van der Waals surface area (Å²) in [4.78, 5) is 5.27. The van der Waals surface area contributed by atoms with Gasteiger partial charge >= 0.3 is 0 Å². The van der Waals surface area contributed by atoms with Crippen LogP contribution in [0.2, 0.25) is 0 Å². The van der Waals surface area contributed by atoms with Gasteiger partial charge in [0, 0.05) is 21.1 Å². The number of hydrogen-bond donors (Lipinski definition) is 1. The third-order valence-corrected chi connectivity index (χ3v) is 4.07. The maximum absolute atomic E-state index is 9.92. The van der Waals surface area contributed by atoms with Gasteiger partial charge in [0.15, 0.2) is 0 Å². The van der Waals surface area contributed by atoms with Gasteiger partial charge in [-0.15, -0.1) is 0 Å². The van der Waals surface area contributed by atoms with Gasteiger partial charge in [-0.2, -0.15) is 0 Å². The SMILES string of the molecule is COc1cccc(Sc2ccc(Br)cn2)c1C(C)O. The molecule has 0 fully saturated rings. The van der Waals surface area contributed by atoms with Crippen molar-refractivity contribution in [3.8, 4) is 5.75 Å². The molecule has 1 aromatic carbocycles. The molecule has 0 spiro atoms. The Hall–Kier alpha value is -1.04. The van der Waals surface area contributed by atoms with Crippen LogP contribution in [0, 0.1) is 0 Å². The zero-order chi connectivity index (χ0) is 13.8. The van der Waals surface area contributed by atoms with Gasteiger partial charge in [0.25, 0.3) is 0 Å². The smallest absolute Gasteiger partial charge is 0.125 e. The van der Waals surface area contributed by atoms with Crippen molar-refractivity contribution in [3.63, 3.8) is 0 Å². The predicted molar refractivity (Wildman–Crippen MR) is 79.7 cm³/mol. The summed E-state index contributed by atoms with van der Waals surface area (Å²) in [7, 11) is 1.60. The van der Waals surface area contributed by atoms with E-state index in [4.69, 9.17) is 4.74 Å². The average Bonchev–Trinajstić information content (AvgIpc) is 2.40. The molecule has 0 saturated carbocycles. The molecule has 1 heterocycles. The van der Waals surface area contributed by atoms with Crippen LogP contribution in [0.25, 0.3) is 0 Å². The van der Waals surface area contributed by atoms with Crippen LogP contribution in [0.1, 0.15) is 18.6 Å². The summed E-state index contributed by atoms with van der Waals surface area (Å²) in [6, 6.07) is 9.59. The van der Waals surface area contributed by atoms with Crippen molar-refractivity contribution in [1.29, 1.82) is 0 Å². The highest BCUT2D eigenvalue weighted by Crippen LogP contribution is 2.37. The Labute approximate surface area is 125 Å². The molecule has 0 bridgehead atoms. The quantitative estimate of drug-likeness (QED) is 0.912. The van der Waals surface area contributed by atoms with Crippen LogP contribution >= 0.6 is 27.7 Å². The average molecular weight is 340 g/mol. The fourth-order valence-electron chi connectivity index (χ4n) is 1.74. The fourth-order valence-corrected chi connectivity index (χ4v) is 2.97. The minimum atomic E-state index is -0.589. The molecule has 0 aliphatic carbocycles. The van der Waals surface area contributed by atoms with Crippen LogP contribution in [0.3, 0.4) is 0 Å². The van der Waals surface area contributed by atoms with Crippen molar-refractivity contribution in [2.24, 2.45) is 0 Å². The molecule has 0 aliphatic rings. The number of methoxy groups -OCH3 is 1. The van der Waals surface area contributed by atoms with Gasteiger partial charge in [0.05, 0.1) is 13.2 Å². The van der Waals surface area contributed by atoms with E-state index in [1.54, 1.807) is 20.2 Å². The number of aromatic nitrogens is 1. The largest absolute Gasteiger partial charge is 0.496 e. The number of nitrogens with zero attached hydrogens (tertiary/aromatic N) is 1. The van der Waals surface area contributed by atoms with Crippen LogP contribution in [0.5, 0.6) is 5.75 Å². The minimum Gasteiger partial charge on any atom is -0.496 e. The standard InChI is InChI=1S/C14H14BrNO2S/c1-9(17)14-11(18-2)4-3-5-12(14)19-13-7-6-10(15)8-16-13/h3-9,17H,1-2H3. The number of pyridine rings is 1. The lowest BCUT2D eigenvalue weighted by Gasteiger charge is -2.15. The van der Waals surface area contributed by atoms with Crippen molar-refractivity contribution in [1.82, 2.24) is 4.98 Å². The molecule has 1 aromatic heterocycles. The van der Waals surface area contributed by atoms with E-state index in [-0.39, 0.29) is 0 Å². The predicted octanol–water partition coefficient (Wildman–Crippen LogP) is 4.06. The second-order valence-electron chi connectivity index (χ2n) is 3.96. The summed E-state index contributed by atoms with van der Waals surface area (Å²) in [6.45, 7) is 1.73. The molecule has 0 amide bonds. The molecule has 1 unspecified atom stereocenters. The summed E-state index contributed by atoms with van der Waals surface area (Å²) in [5.74, 6) is 0.692. The van der Waals surface area contributed by atoms with E-state index in [0.29, 0.717) is 5.75 Å². The van der Waals surface area contributed by atoms with Gasteiger partial charge < -0.3 is 9.84 Å². The molecule has 100 valence electrons. The number of aliphatic hydroxyl groups excluding tert-OH is 1. The van der Waals surface area contributed by atoms with E-state index in [1.165, 1.54) is 11.8 Å². The highest BCUT2D eigenvalue weighted by molar-refractivity contribution is 9.10. The van der Waals surface area contributed by atoms with Crippen molar-refractivity contribution in [2.75, 3.05) is 7.11 Å². The summed E-state index contributed by atoms with van der Waals surface area (Å²) in [5.41, 5.74) is 0.791. The first-order valence-corrected chi connectivity index (χ1v) is 7.37. The molecule has 0 radical (unpaired) electrons. The molecule has 19 heavy (non-hydrogen) atoms. The lowest BCUT2D eigenvalue weighted by atomic mass is 10.1. The van der Waals surface area contributed by atoms with Crippen LogP contribution in [0.15, 0.2) is 50.9 Å². The Morgan fingerprint density at radius 3 is 2.68 bits per heavy atom. The molecular formula is C14H14BrNO2S. The highest BCUT2D eigenvalue weighted by atomic mass is 79.9. The molecule has 1 N–H and O–H groups in total. The Bertz CT molecular complexity index is 558. The maximum Gasteiger partial charge on any atom is 0.125 e. The molecule has 3 nitrogen and oxygen atoms in total. The Balaban J connectivity index is 2.36. The first kappa shape index (κ1) is 14.4. The molecule has 2 aromatic rings. The van der Waals surface area contributed by atoms with Crippen molar-refractivity contribution < 1.29 is 9.84 Å². The van der Waals surface area contributed by atoms with Gasteiger partial charge in [-0.05, 0) is 47.1 Å². The van der Waals surface area contributed by atoms with Crippen LogP contribution < -0.4 is 4.74 Å². The lowest BCUT2D eigenvalue weighted by Crippen LogP contribution is -1.99. The molecule has 0 aliphatic heterocycles. The molecule has 0 saturated heterocycles. The van der Waals surface area contributed by atoms with Gasteiger partial charge in [0.2, 0.25) is 0 Å². The van der Waals surface area contributed by atoms with E-state index in [0.717, 1.165) is 20.0 Å². The lowest BCUT2D eigenvalue weighted by molar-refractivity contribution is 0.191. The normalized spacial score (nSPS) is 12.2. The van der Waals surface area contributed by atoms with E-state index in [2.05, 4.69) is 20.9 Å². The van der Waals surface area contributed by atoms with Crippen LogP contribution in [-0.4, -0.2) is 17.2 Å². The third-order valence-electron chi connectivity index (χ3n) is 2.58. The molecular weight excluding hydrogens is 326 g/mol. The number of benzene rings is 1. The zero-order valence-corrected chi connectivity index (χ0v) is 13.0. The minimum absolute atomic E-state index is 0.589. The van der Waals surface area contributed by atoms with Crippen LogP contribution in [0.4, 0.5) is 0 Å².